The molecule has 0 radical (unpaired) electrons. The summed E-state index contributed by atoms with van der Waals surface area (Å²) in [4.78, 5) is 14.4. The monoisotopic (exact) mass is 354 g/mol. The van der Waals surface area contributed by atoms with Crippen LogP contribution in [0.25, 0.3) is 0 Å². The lowest BCUT2D eigenvalue weighted by molar-refractivity contribution is -0.234. The van der Waals surface area contributed by atoms with Crippen LogP contribution in [-0.4, -0.2) is 11.2 Å². The minimum absolute atomic E-state index is 0.336. The van der Waals surface area contributed by atoms with Gasteiger partial charge >= 0.3 is 5.97 Å². The van der Waals surface area contributed by atoms with Gasteiger partial charge < -0.3 is 4.89 Å². The van der Waals surface area contributed by atoms with Gasteiger partial charge in [0.05, 0.1) is 0 Å². The number of carbonyl (C=O) groups excluding carboxylic acids is 1. The van der Waals surface area contributed by atoms with E-state index in [9.17, 15) is 4.79 Å². The average Bonchev–Trinajstić information content (AvgIpc) is 2.63. The molecule has 148 valence electrons. The number of hydrogen-bond donors (Lipinski definition) is 1. The smallest absolute Gasteiger partial charge is 0.301 e. The van der Waals surface area contributed by atoms with E-state index in [4.69, 9.17) is 5.26 Å². The van der Waals surface area contributed by atoms with E-state index in [1.807, 2.05) is 0 Å². The zero-order chi connectivity index (χ0) is 18.4. The molecule has 0 bridgehead atoms. The maximum atomic E-state index is 10.7. The molecule has 0 aliphatic heterocycles. The van der Waals surface area contributed by atoms with Crippen molar-refractivity contribution in [1.29, 1.82) is 0 Å². The number of allylic oxidation sites excluding steroid dienone is 2. The summed E-state index contributed by atoms with van der Waals surface area (Å²) in [6.07, 6.45) is 26.9. The minimum Gasteiger partial charge on any atom is -0.301 e. The van der Waals surface area contributed by atoms with Gasteiger partial charge in [-0.25, -0.2) is 4.79 Å². The van der Waals surface area contributed by atoms with Crippen molar-refractivity contribution in [2.24, 2.45) is 0 Å². The second kappa shape index (κ2) is 21.2. The van der Waals surface area contributed by atoms with Crippen molar-refractivity contribution in [2.45, 2.75) is 122 Å². The van der Waals surface area contributed by atoms with Crippen LogP contribution >= 0.6 is 0 Å². The average molecular weight is 355 g/mol. The van der Waals surface area contributed by atoms with Gasteiger partial charge in [0, 0.05) is 6.42 Å². The molecule has 0 aliphatic carbocycles. The van der Waals surface area contributed by atoms with Crippen molar-refractivity contribution >= 4 is 5.97 Å². The third-order valence-corrected chi connectivity index (χ3v) is 4.74. The Bertz CT molecular complexity index is 300. The van der Waals surface area contributed by atoms with Gasteiger partial charge in [0.15, 0.2) is 0 Å². The molecule has 0 rings (SSSR count). The zero-order valence-electron chi connectivity index (χ0n) is 16.6. The van der Waals surface area contributed by atoms with Crippen LogP contribution < -0.4 is 0 Å². The fourth-order valence-electron chi connectivity index (χ4n) is 3.09. The van der Waals surface area contributed by atoms with Crippen LogP contribution in [0.3, 0.4) is 0 Å². The molecule has 0 atom stereocenters. The fourth-order valence-corrected chi connectivity index (χ4v) is 3.09. The molecule has 0 spiro atoms. The van der Waals surface area contributed by atoms with Crippen molar-refractivity contribution in [3.05, 3.63) is 12.2 Å². The summed E-state index contributed by atoms with van der Waals surface area (Å²) in [5, 5.41) is 8.13. The van der Waals surface area contributed by atoms with Crippen molar-refractivity contribution in [2.75, 3.05) is 0 Å². The molecule has 0 saturated heterocycles. The summed E-state index contributed by atoms with van der Waals surface area (Å²) in [7, 11) is 0. The van der Waals surface area contributed by atoms with Gasteiger partial charge in [-0.05, 0) is 32.1 Å². The summed E-state index contributed by atoms with van der Waals surface area (Å²) >= 11 is 0. The fraction of sp³-hybridized carbons (Fsp3) is 0.864. The molecule has 3 heteroatoms. The maximum Gasteiger partial charge on any atom is 0.342 e. The molecule has 0 aromatic rings. The van der Waals surface area contributed by atoms with E-state index < -0.39 is 5.97 Å². The van der Waals surface area contributed by atoms with Gasteiger partial charge in [-0.15, -0.1) is 0 Å². The predicted molar refractivity (Wildman–Crippen MR) is 107 cm³/mol. The Morgan fingerprint density at radius 2 is 1.08 bits per heavy atom. The Balaban J connectivity index is 3.08. The molecule has 3 nitrogen and oxygen atoms in total. The lowest BCUT2D eigenvalue weighted by Gasteiger charge is -2.01. The highest BCUT2D eigenvalue weighted by molar-refractivity contribution is 5.68. The van der Waals surface area contributed by atoms with Crippen LogP contribution in [-0.2, 0) is 9.68 Å². The Morgan fingerprint density at radius 1 is 0.680 bits per heavy atom. The molecule has 0 aromatic heterocycles. The highest BCUT2D eigenvalue weighted by atomic mass is 17.1. The molecule has 0 unspecified atom stereocenters. The molecule has 0 amide bonds. The lowest BCUT2D eigenvalue weighted by atomic mass is 10.1. The van der Waals surface area contributed by atoms with Crippen LogP contribution in [0.2, 0.25) is 0 Å². The van der Waals surface area contributed by atoms with Crippen molar-refractivity contribution in [1.82, 2.24) is 0 Å². The normalized spacial score (nSPS) is 11.3. The standard InChI is InChI=1S/C22H42O3/c1-2-3-4-5-6-7-8-9-10-11-12-13-14-15-16-17-18-19-20-21-22(23)25-24/h9-10,24H,2-8,11-21H2,1H3/b10-9-. The first kappa shape index (κ1) is 24.2. The number of carbonyl (C=O) groups is 1. The van der Waals surface area contributed by atoms with E-state index >= 15 is 0 Å². The summed E-state index contributed by atoms with van der Waals surface area (Å²) in [5.74, 6) is -0.513. The van der Waals surface area contributed by atoms with Crippen molar-refractivity contribution in [3.63, 3.8) is 0 Å². The van der Waals surface area contributed by atoms with Crippen LogP contribution in [0.5, 0.6) is 0 Å². The molecule has 25 heavy (non-hydrogen) atoms. The number of rotatable bonds is 19. The van der Waals surface area contributed by atoms with Gasteiger partial charge in [-0.3, -0.25) is 0 Å². The summed E-state index contributed by atoms with van der Waals surface area (Å²) in [6.45, 7) is 2.27. The highest BCUT2D eigenvalue weighted by Gasteiger charge is 2.00. The molecular weight excluding hydrogens is 312 g/mol. The van der Waals surface area contributed by atoms with E-state index in [0.29, 0.717) is 6.42 Å². The number of hydrogen-bond acceptors (Lipinski definition) is 3. The van der Waals surface area contributed by atoms with E-state index in [2.05, 4.69) is 24.0 Å². The second-order valence-electron chi connectivity index (χ2n) is 7.21. The molecule has 0 aromatic carbocycles. The van der Waals surface area contributed by atoms with Gasteiger partial charge in [-0.2, -0.15) is 5.26 Å². The largest absolute Gasteiger partial charge is 0.342 e. The highest BCUT2D eigenvalue weighted by Crippen LogP contribution is 2.12. The molecule has 0 heterocycles. The molecular formula is C22H42O3. The Kier molecular flexibility index (Phi) is 20.5. The molecule has 0 saturated carbocycles. The third-order valence-electron chi connectivity index (χ3n) is 4.74. The Labute approximate surface area is 156 Å². The summed E-state index contributed by atoms with van der Waals surface area (Å²) < 4.78 is 0. The lowest BCUT2D eigenvalue weighted by Crippen LogP contribution is -1.99. The molecule has 0 aliphatic rings. The first-order valence-corrected chi connectivity index (χ1v) is 10.8. The maximum absolute atomic E-state index is 10.7. The summed E-state index contributed by atoms with van der Waals surface area (Å²) in [6, 6.07) is 0. The van der Waals surface area contributed by atoms with Crippen LogP contribution in [0, 0.1) is 0 Å². The summed E-state index contributed by atoms with van der Waals surface area (Å²) in [5.41, 5.74) is 0. The van der Waals surface area contributed by atoms with Crippen molar-refractivity contribution in [3.8, 4) is 0 Å². The predicted octanol–water partition coefficient (Wildman–Crippen LogP) is 7.60. The van der Waals surface area contributed by atoms with Crippen LogP contribution in [0.4, 0.5) is 0 Å². The Hall–Kier alpha value is -0.830. The van der Waals surface area contributed by atoms with E-state index in [1.54, 1.807) is 0 Å². The minimum atomic E-state index is -0.513. The second-order valence-corrected chi connectivity index (χ2v) is 7.21. The first-order chi connectivity index (χ1) is 12.3. The van der Waals surface area contributed by atoms with Gasteiger partial charge in [0.1, 0.15) is 0 Å². The van der Waals surface area contributed by atoms with Gasteiger partial charge in [0.25, 0.3) is 0 Å². The van der Waals surface area contributed by atoms with Crippen LogP contribution in [0.1, 0.15) is 122 Å². The zero-order valence-corrected chi connectivity index (χ0v) is 16.6. The quantitative estimate of drug-likeness (QED) is 0.112. The van der Waals surface area contributed by atoms with Gasteiger partial charge in [0.2, 0.25) is 0 Å². The third kappa shape index (κ3) is 21.1. The van der Waals surface area contributed by atoms with E-state index in [-0.39, 0.29) is 0 Å². The SMILES string of the molecule is CCCCCCCC/C=C\CCCCCCCCCCCC(=O)OO. The number of unbranched alkanes of at least 4 members (excludes halogenated alkanes) is 15. The topological polar surface area (TPSA) is 46.5 Å². The first-order valence-electron chi connectivity index (χ1n) is 10.8. The van der Waals surface area contributed by atoms with E-state index in [1.165, 1.54) is 96.3 Å². The molecule has 1 N–H and O–H groups in total. The van der Waals surface area contributed by atoms with Gasteiger partial charge in [-0.1, -0.05) is 96.1 Å². The van der Waals surface area contributed by atoms with Crippen molar-refractivity contribution < 1.29 is 14.9 Å². The van der Waals surface area contributed by atoms with E-state index in [0.717, 1.165) is 12.8 Å². The Morgan fingerprint density at radius 3 is 1.52 bits per heavy atom. The van der Waals surface area contributed by atoms with Crippen LogP contribution in [0.15, 0.2) is 12.2 Å². The molecule has 0 fully saturated rings.